The van der Waals surface area contributed by atoms with Crippen LogP contribution in [0.15, 0.2) is 12.1 Å². The fourth-order valence-corrected chi connectivity index (χ4v) is 3.00. The lowest BCUT2D eigenvalue weighted by atomic mass is 9.97. The molecule has 0 amide bonds. The third-order valence-electron chi connectivity index (χ3n) is 3.98. The van der Waals surface area contributed by atoms with Gasteiger partial charge in [0.1, 0.15) is 5.82 Å². The molecule has 0 radical (unpaired) electrons. The SMILES string of the molecule is CCNc1ccc(Cl)c(CN2C(C)CCCC2C)n1. The summed E-state index contributed by atoms with van der Waals surface area (Å²) in [6.07, 6.45) is 3.88. The second-order valence-electron chi connectivity index (χ2n) is 5.46. The Labute approximate surface area is 121 Å². The summed E-state index contributed by atoms with van der Waals surface area (Å²) in [6.45, 7) is 8.41. The van der Waals surface area contributed by atoms with E-state index in [1.165, 1.54) is 19.3 Å². The van der Waals surface area contributed by atoms with E-state index in [1.54, 1.807) is 0 Å². The summed E-state index contributed by atoms with van der Waals surface area (Å²) in [5, 5.41) is 4.02. The molecule has 1 aromatic rings. The lowest BCUT2D eigenvalue weighted by Crippen LogP contribution is -2.43. The maximum atomic E-state index is 6.29. The van der Waals surface area contributed by atoms with E-state index in [-0.39, 0.29) is 0 Å². The van der Waals surface area contributed by atoms with Crippen LogP contribution in [0, 0.1) is 0 Å². The van der Waals surface area contributed by atoms with Crippen molar-refractivity contribution in [2.45, 2.75) is 58.7 Å². The molecule has 1 N–H and O–H groups in total. The van der Waals surface area contributed by atoms with Gasteiger partial charge in [0.25, 0.3) is 0 Å². The molecule has 1 aromatic heterocycles. The topological polar surface area (TPSA) is 28.2 Å². The molecule has 0 aliphatic carbocycles. The Morgan fingerprint density at radius 1 is 1.32 bits per heavy atom. The van der Waals surface area contributed by atoms with Gasteiger partial charge in [0, 0.05) is 25.2 Å². The van der Waals surface area contributed by atoms with Crippen LogP contribution in [0.25, 0.3) is 0 Å². The molecule has 106 valence electrons. The highest BCUT2D eigenvalue weighted by atomic mass is 35.5. The summed E-state index contributed by atoms with van der Waals surface area (Å²) in [5.74, 6) is 0.916. The summed E-state index contributed by atoms with van der Waals surface area (Å²) < 4.78 is 0. The zero-order valence-electron chi connectivity index (χ0n) is 12.1. The minimum atomic E-state index is 0.615. The number of rotatable bonds is 4. The third kappa shape index (κ3) is 3.61. The van der Waals surface area contributed by atoms with Gasteiger partial charge < -0.3 is 5.32 Å². The van der Waals surface area contributed by atoms with Crippen LogP contribution in [-0.2, 0) is 6.54 Å². The Balaban J connectivity index is 2.14. The Kier molecular flexibility index (Phi) is 5.06. The fourth-order valence-electron chi connectivity index (χ4n) is 2.83. The second kappa shape index (κ2) is 6.58. The number of nitrogens with zero attached hydrogens (tertiary/aromatic N) is 2. The molecule has 19 heavy (non-hydrogen) atoms. The highest BCUT2D eigenvalue weighted by Gasteiger charge is 2.25. The molecule has 1 aliphatic rings. The number of piperidine rings is 1. The van der Waals surface area contributed by atoms with Gasteiger partial charge in [-0.15, -0.1) is 0 Å². The molecular weight excluding hydrogens is 258 g/mol. The molecule has 3 nitrogen and oxygen atoms in total. The Morgan fingerprint density at radius 2 is 2.00 bits per heavy atom. The monoisotopic (exact) mass is 281 g/mol. The number of aromatic nitrogens is 1. The van der Waals surface area contributed by atoms with E-state index in [2.05, 4.69) is 36.0 Å². The lowest BCUT2D eigenvalue weighted by molar-refractivity contribution is 0.0939. The van der Waals surface area contributed by atoms with Crippen LogP contribution >= 0.6 is 11.6 Å². The van der Waals surface area contributed by atoms with Gasteiger partial charge in [-0.2, -0.15) is 0 Å². The van der Waals surface area contributed by atoms with Gasteiger partial charge in [-0.3, -0.25) is 4.90 Å². The van der Waals surface area contributed by atoms with Crippen molar-refractivity contribution in [2.75, 3.05) is 11.9 Å². The third-order valence-corrected chi connectivity index (χ3v) is 4.33. The maximum Gasteiger partial charge on any atom is 0.126 e. The molecular formula is C15H24ClN3. The highest BCUT2D eigenvalue weighted by Crippen LogP contribution is 2.26. The quantitative estimate of drug-likeness (QED) is 0.906. The molecule has 1 aliphatic heterocycles. The lowest BCUT2D eigenvalue weighted by Gasteiger charge is -2.38. The van der Waals surface area contributed by atoms with Gasteiger partial charge in [-0.1, -0.05) is 18.0 Å². The molecule has 2 unspecified atom stereocenters. The fraction of sp³-hybridized carbons (Fsp3) is 0.667. The summed E-state index contributed by atoms with van der Waals surface area (Å²) in [6, 6.07) is 5.12. The minimum Gasteiger partial charge on any atom is -0.370 e. The van der Waals surface area contributed by atoms with Crippen molar-refractivity contribution in [3.05, 3.63) is 22.8 Å². The Bertz CT molecular complexity index is 412. The van der Waals surface area contributed by atoms with E-state index < -0.39 is 0 Å². The summed E-state index contributed by atoms with van der Waals surface area (Å²) >= 11 is 6.29. The maximum absolute atomic E-state index is 6.29. The Hall–Kier alpha value is -0.800. The van der Waals surface area contributed by atoms with E-state index in [4.69, 9.17) is 11.6 Å². The van der Waals surface area contributed by atoms with Gasteiger partial charge in [0.15, 0.2) is 0 Å². The first kappa shape index (κ1) is 14.6. The normalized spacial score (nSPS) is 24.4. The van der Waals surface area contributed by atoms with Crippen molar-refractivity contribution >= 4 is 17.4 Å². The highest BCUT2D eigenvalue weighted by molar-refractivity contribution is 6.31. The van der Waals surface area contributed by atoms with Gasteiger partial charge in [0.2, 0.25) is 0 Å². The molecule has 1 fully saturated rings. The average molecular weight is 282 g/mol. The molecule has 0 aromatic carbocycles. The average Bonchev–Trinajstić information content (AvgIpc) is 2.38. The number of likely N-dealkylation sites (tertiary alicyclic amines) is 1. The van der Waals surface area contributed by atoms with Gasteiger partial charge >= 0.3 is 0 Å². The molecule has 2 heterocycles. The van der Waals surface area contributed by atoms with Crippen LogP contribution in [0.3, 0.4) is 0 Å². The molecule has 4 heteroatoms. The zero-order valence-corrected chi connectivity index (χ0v) is 12.9. The summed E-state index contributed by atoms with van der Waals surface area (Å²) in [4.78, 5) is 7.16. The first-order valence-electron chi connectivity index (χ1n) is 7.26. The molecule has 1 saturated heterocycles. The molecule has 0 bridgehead atoms. The number of halogens is 1. The van der Waals surface area contributed by atoms with Crippen LogP contribution in [0.5, 0.6) is 0 Å². The van der Waals surface area contributed by atoms with Crippen molar-refractivity contribution in [2.24, 2.45) is 0 Å². The van der Waals surface area contributed by atoms with Crippen LogP contribution in [-0.4, -0.2) is 28.5 Å². The van der Waals surface area contributed by atoms with Gasteiger partial charge in [-0.05, 0) is 45.7 Å². The molecule has 2 rings (SSSR count). The van der Waals surface area contributed by atoms with Crippen LogP contribution < -0.4 is 5.32 Å². The number of pyridine rings is 1. The number of hydrogen-bond acceptors (Lipinski definition) is 3. The van der Waals surface area contributed by atoms with Crippen molar-refractivity contribution in [3.8, 4) is 0 Å². The van der Waals surface area contributed by atoms with Crippen LogP contribution in [0.1, 0.15) is 45.7 Å². The van der Waals surface area contributed by atoms with Crippen LogP contribution in [0.2, 0.25) is 5.02 Å². The van der Waals surface area contributed by atoms with E-state index in [0.717, 1.165) is 29.6 Å². The smallest absolute Gasteiger partial charge is 0.126 e. The standard InChI is InChI=1S/C15H24ClN3/c1-4-17-15-9-8-13(16)14(18-15)10-19-11(2)6-5-7-12(19)3/h8-9,11-12H,4-7,10H2,1-3H3,(H,17,18). The zero-order chi connectivity index (χ0) is 13.8. The number of nitrogens with one attached hydrogen (secondary N) is 1. The predicted octanol–water partition coefficient (Wildman–Crippen LogP) is 3.93. The van der Waals surface area contributed by atoms with E-state index in [1.807, 2.05) is 12.1 Å². The van der Waals surface area contributed by atoms with Crippen molar-refractivity contribution in [1.29, 1.82) is 0 Å². The molecule has 2 atom stereocenters. The summed E-state index contributed by atoms with van der Waals surface area (Å²) in [5.41, 5.74) is 0.987. The van der Waals surface area contributed by atoms with Crippen molar-refractivity contribution in [3.63, 3.8) is 0 Å². The largest absolute Gasteiger partial charge is 0.370 e. The number of anilines is 1. The van der Waals surface area contributed by atoms with Gasteiger partial charge in [-0.25, -0.2) is 4.98 Å². The minimum absolute atomic E-state index is 0.615. The van der Waals surface area contributed by atoms with E-state index >= 15 is 0 Å². The first-order valence-corrected chi connectivity index (χ1v) is 7.64. The van der Waals surface area contributed by atoms with E-state index in [9.17, 15) is 0 Å². The Morgan fingerprint density at radius 3 is 2.63 bits per heavy atom. The summed E-state index contributed by atoms with van der Waals surface area (Å²) in [7, 11) is 0. The van der Waals surface area contributed by atoms with E-state index in [0.29, 0.717) is 12.1 Å². The van der Waals surface area contributed by atoms with Gasteiger partial charge in [0.05, 0.1) is 10.7 Å². The molecule has 0 spiro atoms. The van der Waals surface area contributed by atoms with Crippen LogP contribution in [0.4, 0.5) is 5.82 Å². The van der Waals surface area contributed by atoms with Crippen molar-refractivity contribution in [1.82, 2.24) is 9.88 Å². The van der Waals surface area contributed by atoms with Crippen molar-refractivity contribution < 1.29 is 0 Å². The molecule has 0 saturated carbocycles. The second-order valence-corrected chi connectivity index (χ2v) is 5.86. The number of hydrogen-bond donors (Lipinski definition) is 1. The predicted molar refractivity (Wildman–Crippen MR) is 81.7 cm³/mol. The first-order chi connectivity index (χ1) is 9.11.